The molecule has 5 rings (SSSR count). The number of carbonyl (C=O) groups excluding carboxylic acids is 1. The van der Waals surface area contributed by atoms with Crippen LogP contribution >= 0.6 is 11.6 Å². The SMILES string of the molecule is COc1cccc(-c2ccc([C@H]3CN(C(=O)c4cn5cc(Cl)ccc5n4)CCO3)nc2)c1. The number of pyridine rings is 2. The number of rotatable bonds is 4. The van der Waals surface area contributed by atoms with Crippen LogP contribution in [0.15, 0.2) is 67.1 Å². The van der Waals surface area contributed by atoms with Crippen LogP contribution in [0.1, 0.15) is 22.3 Å². The van der Waals surface area contributed by atoms with E-state index in [2.05, 4.69) is 9.97 Å². The van der Waals surface area contributed by atoms with Crippen molar-refractivity contribution in [1.29, 1.82) is 0 Å². The van der Waals surface area contributed by atoms with E-state index in [1.54, 1.807) is 40.9 Å². The molecule has 0 spiro atoms. The second kappa shape index (κ2) is 8.61. The van der Waals surface area contributed by atoms with E-state index in [0.29, 0.717) is 36.1 Å². The maximum absolute atomic E-state index is 13.1. The fraction of sp³-hybridized carbons (Fsp3) is 0.208. The van der Waals surface area contributed by atoms with Gasteiger partial charge in [-0.3, -0.25) is 9.78 Å². The minimum Gasteiger partial charge on any atom is -0.497 e. The van der Waals surface area contributed by atoms with Gasteiger partial charge in [-0.2, -0.15) is 0 Å². The van der Waals surface area contributed by atoms with Crippen LogP contribution < -0.4 is 4.74 Å². The highest BCUT2D eigenvalue weighted by Crippen LogP contribution is 2.26. The van der Waals surface area contributed by atoms with Gasteiger partial charge in [-0.15, -0.1) is 0 Å². The zero-order chi connectivity index (χ0) is 22.1. The summed E-state index contributed by atoms with van der Waals surface area (Å²) in [6.45, 7) is 1.36. The first kappa shape index (κ1) is 20.5. The monoisotopic (exact) mass is 448 g/mol. The van der Waals surface area contributed by atoms with Crippen molar-refractivity contribution in [3.63, 3.8) is 0 Å². The lowest BCUT2D eigenvalue weighted by Gasteiger charge is -2.32. The summed E-state index contributed by atoms with van der Waals surface area (Å²) in [5, 5.41) is 0.587. The predicted molar refractivity (Wildman–Crippen MR) is 121 cm³/mol. The normalized spacial score (nSPS) is 16.3. The number of halogens is 1. The van der Waals surface area contributed by atoms with Crippen molar-refractivity contribution >= 4 is 23.2 Å². The molecule has 4 heterocycles. The van der Waals surface area contributed by atoms with E-state index in [0.717, 1.165) is 22.6 Å². The number of nitrogens with zero attached hydrogens (tertiary/aromatic N) is 4. The lowest BCUT2D eigenvalue weighted by Crippen LogP contribution is -2.42. The molecule has 4 aromatic rings. The van der Waals surface area contributed by atoms with Crippen molar-refractivity contribution in [2.75, 3.05) is 26.8 Å². The molecule has 1 amide bonds. The molecule has 7 nitrogen and oxygen atoms in total. The number of imidazole rings is 1. The van der Waals surface area contributed by atoms with Crippen molar-refractivity contribution in [1.82, 2.24) is 19.3 Å². The Morgan fingerprint density at radius 2 is 2.06 bits per heavy atom. The molecule has 1 atom stereocenters. The van der Waals surface area contributed by atoms with E-state index in [1.807, 2.05) is 42.6 Å². The summed E-state index contributed by atoms with van der Waals surface area (Å²) in [6.07, 6.45) is 4.96. The van der Waals surface area contributed by atoms with Crippen LogP contribution in [0.25, 0.3) is 16.8 Å². The Labute approximate surface area is 190 Å². The lowest BCUT2D eigenvalue weighted by atomic mass is 10.1. The number of morpholine rings is 1. The summed E-state index contributed by atoms with van der Waals surface area (Å²) in [5.74, 6) is 0.664. The Morgan fingerprint density at radius 3 is 2.88 bits per heavy atom. The Balaban J connectivity index is 1.32. The van der Waals surface area contributed by atoms with Crippen LogP contribution in [-0.2, 0) is 4.74 Å². The van der Waals surface area contributed by atoms with Crippen LogP contribution in [0, 0.1) is 0 Å². The quantitative estimate of drug-likeness (QED) is 0.466. The number of hydrogen-bond donors (Lipinski definition) is 0. The predicted octanol–water partition coefficient (Wildman–Crippen LogP) is 4.27. The van der Waals surface area contributed by atoms with Crippen molar-refractivity contribution in [2.24, 2.45) is 0 Å². The molecule has 162 valence electrons. The number of hydrogen-bond acceptors (Lipinski definition) is 5. The number of benzene rings is 1. The van der Waals surface area contributed by atoms with Crippen molar-refractivity contribution in [3.05, 3.63) is 83.5 Å². The summed E-state index contributed by atoms with van der Waals surface area (Å²) in [4.78, 5) is 23.9. The minimum absolute atomic E-state index is 0.133. The van der Waals surface area contributed by atoms with Crippen LogP contribution in [0.2, 0.25) is 5.02 Å². The Morgan fingerprint density at radius 1 is 1.16 bits per heavy atom. The fourth-order valence-corrected chi connectivity index (χ4v) is 3.98. The zero-order valence-electron chi connectivity index (χ0n) is 17.4. The topological polar surface area (TPSA) is 69.0 Å². The van der Waals surface area contributed by atoms with Gasteiger partial charge in [-0.1, -0.05) is 29.8 Å². The maximum Gasteiger partial charge on any atom is 0.274 e. The van der Waals surface area contributed by atoms with Crippen LogP contribution in [-0.4, -0.2) is 52.0 Å². The summed E-state index contributed by atoms with van der Waals surface area (Å²) >= 11 is 6.03. The zero-order valence-corrected chi connectivity index (χ0v) is 18.2. The first-order chi connectivity index (χ1) is 15.6. The summed E-state index contributed by atoms with van der Waals surface area (Å²) in [7, 11) is 1.65. The van der Waals surface area contributed by atoms with Crippen molar-refractivity contribution in [2.45, 2.75) is 6.10 Å². The number of fused-ring (bicyclic) bond motifs is 1. The third-order valence-electron chi connectivity index (χ3n) is 5.51. The van der Waals surface area contributed by atoms with Crippen LogP contribution in [0.3, 0.4) is 0 Å². The minimum atomic E-state index is -0.293. The van der Waals surface area contributed by atoms with Gasteiger partial charge in [0.2, 0.25) is 0 Å². The van der Waals surface area contributed by atoms with E-state index < -0.39 is 0 Å². The molecule has 0 aliphatic carbocycles. The standard InChI is InChI=1S/C24H21ClN4O3/c1-31-19-4-2-3-16(11-19)17-5-7-20(26-12-17)22-15-28(9-10-32-22)24(30)21-14-29-13-18(25)6-8-23(29)27-21/h2-8,11-14,22H,9-10,15H2,1H3/t22-/m1/s1. The molecule has 32 heavy (non-hydrogen) atoms. The first-order valence-electron chi connectivity index (χ1n) is 10.3. The number of aromatic nitrogens is 3. The number of ether oxygens (including phenoxy) is 2. The highest BCUT2D eigenvalue weighted by molar-refractivity contribution is 6.30. The van der Waals surface area contributed by atoms with Gasteiger partial charge in [0, 0.05) is 30.7 Å². The molecule has 0 saturated carbocycles. The molecule has 0 bridgehead atoms. The molecule has 0 radical (unpaired) electrons. The highest BCUT2D eigenvalue weighted by Gasteiger charge is 2.28. The number of carbonyl (C=O) groups is 1. The van der Waals surface area contributed by atoms with Gasteiger partial charge in [-0.25, -0.2) is 4.98 Å². The van der Waals surface area contributed by atoms with Gasteiger partial charge >= 0.3 is 0 Å². The molecular weight excluding hydrogens is 428 g/mol. The lowest BCUT2D eigenvalue weighted by molar-refractivity contribution is -0.0248. The average molecular weight is 449 g/mol. The van der Waals surface area contributed by atoms with Gasteiger partial charge in [0.05, 0.1) is 31.0 Å². The molecular formula is C24H21ClN4O3. The van der Waals surface area contributed by atoms with E-state index in [4.69, 9.17) is 21.1 Å². The molecule has 8 heteroatoms. The van der Waals surface area contributed by atoms with Gasteiger partial charge in [0.25, 0.3) is 5.91 Å². The molecule has 1 aliphatic rings. The van der Waals surface area contributed by atoms with Gasteiger partial charge in [-0.05, 0) is 35.9 Å². The van der Waals surface area contributed by atoms with E-state index in [9.17, 15) is 4.79 Å². The van der Waals surface area contributed by atoms with Crippen molar-refractivity contribution < 1.29 is 14.3 Å². The summed E-state index contributed by atoms with van der Waals surface area (Å²) in [5.41, 5.74) is 3.86. The van der Waals surface area contributed by atoms with Crippen LogP contribution in [0.4, 0.5) is 0 Å². The van der Waals surface area contributed by atoms with E-state index in [1.165, 1.54) is 0 Å². The molecule has 1 aliphatic heterocycles. The molecule has 1 saturated heterocycles. The molecule has 0 N–H and O–H groups in total. The Bertz CT molecular complexity index is 1270. The van der Waals surface area contributed by atoms with Gasteiger partial charge < -0.3 is 18.8 Å². The molecule has 3 aromatic heterocycles. The van der Waals surface area contributed by atoms with Crippen molar-refractivity contribution in [3.8, 4) is 16.9 Å². The molecule has 1 fully saturated rings. The third kappa shape index (κ3) is 4.04. The average Bonchev–Trinajstić information content (AvgIpc) is 3.27. The van der Waals surface area contributed by atoms with E-state index >= 15 is 0 Å². The number of amides is 1. The van der Waals surface area contributed by atoms with Gasteiger partial charge in [0.1, 0.15) is 23.2 Å². The van der Waals surface area contributed by atoms with Crippen LogP contribution in [0.5, 0.6) is 5.75 Å². The van der Waals surface area contributed by atoms with Gasteiger partial charge in [0.15, 0.2) is 0 Å². The number of methoxy groups -OCH3 is 1. The Kier molecular flexibility index (Phi) is 5.51. The van der Waals surface area contributed by atoms with E-state index in [-0.39, 0.29) is 12.0 Å². The third-order valence-corrected chi connectivity index (χ3v) is 5.73. The largest absolute Gasteiger partial charge is 0.497 e. The molecule has 1 aromatic carbocycles. The second-order valence-corrected chi connectivity index (χ2v) is 7.99. The second-order valence-electron chi connectivity index (χ2n) is 7.55. The summed E-state index contributed by atoms with van der Waals surface area (Å²) in [6, 6.07) is 15.3. The Hall–Kier alpha value is -3.42. The highest BCUT2D eigenvalue weighted by atomic mass is 35.5. The summed E-state index contributed by atoms with van der Waals surface area (Å²) < 4.78 is 13.0. The smallest absolute Gasteiger partial charge is 0.274 e. The molecule has 0 unspecified atom stereocenters. The fourth-order valence-electron chi connectivity index (χ4n) is 3.81. The first-order valence-corrected chi connectivity index (χ1v) is 10.6. The maximum atomic E-state index is 13.1.